The molecule has 2 saturated heterocycles. The number of ether oxygens (including phenoxy) is 5. The summed E-state index contributed by atoms with van der Waals surface area (Å²) in [5.41, 5.74) is 1.55. The summed E-state index contributed by atoms with van der Waals surface area (Å²) in [4.78, 5) is 14.0. The first kappa shape index (κ1) is 46.2. The summed E-state index contributed by atoms with van der Waals surface area (Å²) in [6.07, 6.45) is -1.47. The van der Waals surface area contributed by atoms with Gasteiger partial charge in [-0.05, 0) is 59.9 Å². The fraction of sp³-hybridized carbons (Fsp3) is 0.435. The minimum atomic E-state index is -4.63. The van der Waals surface area contributed by atoms with Gasteiger partial charge in [0.25, 0.3) is 0 Å². The van der Waals surface area contributed by atoms with Crippen molar-refractivity contribution in [1.29, 1.82) is 5.26 Å². The molecule has 0 aromatic heterocycles. The van der Waals surface area contributed by atoms with E-state index in [1.165, 1.54) is 22.5 Å². The van der Waals surface area contributed by atoms with E-state index in [2.05, 4.69) is 11.4 Å². The number of nitrogens with zero attached hydrogens (tertiary/aromatic N) is 2. The highest BCUT2D eigenvalue weighted by molar-refractivity contribution is 7.89. The van der Waals surface area contributed by atoms with Gasteiger partial charge in [0, 0.05) is 25.6 Å². The van der Waals surface area contributed by atoms with Crippen molar-refractivity contribution >= 4 is 23.9 Å². The Bertz CT molecular complexity index is 2270. The zero-order valence-corrected chi connectivity index (χ0v) is 37.1. The number of hydrogen-bond acceptors (Lipinski definition) is 13. The third-order valence-corrected chi connectivity index (χ3v) is 14.4. The molecule has 63 heavy (non-hydrogen) atoms. The lowest BCUT2D eigenvalue weighted by Crippen LogP contribution is -2.52. The fourth-order valence-electron chi connectivity index (χ4n) is 7.73. The molecule has 1 N–H and O–H groups in total. The van der Waals surface area contributed by atoms with Crippen LogP contribution in [0.25, 0.3) is 0 Å². The summed E-state index contributed by atoms with van der Waals surface area (Å²) in [6, 6.07) is 33.2. The predicted molar refractivity (Wildman–Crippen MR) is 231 cm³/mol. The molecule has 7 rings (SSSR count). The molecule has 0 saturated carbocycles. The van der Waals surface area contributed by atoms with Gasteiger partial charge in [0.05, 0.1) is 49.4 Å². The van der Waals surface area contributed by atoms with Crippen LogP contribution in [0.1, 0.15) is 56.2 Å². The molecule has 1 amide bonds. The summed E-state index contributed by atoms with van der Waals surface area (Å²) in [6.45, 7) is 3.42. The Morgan fingerprint density at radius 2 is 1.54 bits per heavy atom. The molecule has 0 spiro atoms. The molecule has 4 aromatic rings. The molecule has 5 atom stereocenters. The molecule has 17 heteroatoms. The van der Waals surface area contributed by atoms with E-state index in [-0.39, 0.29) is 62.6 Å². The van der Waals surface area contributed by atoms with Gasteiger partial charge < -0.3 is 29.0 Å². The minimum Gasteiger partial charge on any atom is -0.454 e. The largest absolute Gasteiger partial charge is 0.475 e. The van der Waals surface area contributed by atoms with Crippen molar-refractivity contribution in [1.82, 2.24) is 9.62 Å². The highest BCUT2D eigenvalue weighted by atomic mass is 32.2. The van der Waals surface area contributed by atoms with Crippen LogP contribution in [-0.2, 0) is 62.0 Å². The van der Waals surface area contributed by atoms with Crippen molar-refractivity contribution in [3.8, 4) is 17.6 Å². The van der Waals surface area contributed by atoms with Crippen LogP contribution in [0.4, 0.5) is 4.79 Å². The monoisotopic (exact) mass is 903 g/mol. The number of nitriles is 1. The second-order valence-corrected chi connectivity index (χ2v) is 20.0. The first-order valence-electron chi connectivity index (χ1n) is 21.1. The average molecular weight is 904 g/mol. The normalized spacial score (nSPS) is 19.3. The van der Waals surface area contributed by atoms with Crippen LogP contribution in [0.3, 0.4) is 0 Å². The number of alkyl carbamates (subject to hydrolysis) is 1. The van der Waals surface area contributed by atoms with Crippen molar-refractivity contribution in [2.45, 2.75) is 88.6 Å². The Balaban J connectivity index is 1.28. The molecule has 2 fully saturated rings. The number of aryl methyl sites for hydroxylation is 1. The van der Waals surface area contributed by atoms with E-state index >= 15 is 13.0 Å². The second-order valence-electron chi connectivity index (χ2n) is 16.5. The third-order valence-electron chi connectivity index (χ3n) is 11.2. The molecule has 0 unspecified atom stereocenters. The van der Waals surface area contributed by atoms with Crippen LogP contribution in [-0.4, -0.2) is 76.5 Å². The number of sulfonamides is 1. The van der Waals surface area contributed by atoms with Gasteiger partial charge in [-0.25, -0.2) is 17.8 Å². The van der Waals surface area contributed by atoms with Crippen LogP contribution in [0, 0.1) is 22.7 Å². The summed E-state index contributed by atoms with van der Waals surface area (Å²) < 4.78 is 93.7. The average Bonchev–Trinajstić information content (AvgIpc) is 4.06. The van der Waals surface area contributed by atoms with Gasteiger partial charge in [-0.1, -0.05) is 105 Å². The van der Waals surface area contributed by atoms with Gasteiger partial charge >= 0.3 is 13.9 Å². The number of nitrogens with one attached hydrogen (secondary N) is 1. The first-order chi connectivity index (χ1) is 30.4. The van der Waals surface area contributed by atoms with Gasteiger partial charge in [0.2, 0.25) is 16.8 Å². The topological polar surface area (TPSA) is 181 Å². The van der Waals surface area contributed by atoms with Crippen LogP contribution in [0.2, 0.25) is 0 Å². The number of phosphoric acid groups is 1. The summed E-state index contributed by atoms with van der Waals surface area (Å²) in [5, 5.41) is 12.5. The van der Waals surface area contributed by atoms with Gasteiger partial charge in [-0.15, -0.1) is 0 Å². The van der Waals surface area contributed by atoms with Gasteiger partial charge in [0.15, 0.2) is 17.8 Å². The van der Waals surface area contributed by atoms with Crippen LogP contribution in [0.15, 0.2) is 114 Å². The van der Waals surface area contributed by atoms with E-state index in [9.17, 15) is 10.1 Å². The highest BCUT2D eigenvalue weighted by Crippen LogP contribution is 2.53. The van der Waals surface area contributed by atoms with E-state index in [0.717, 1.165) is 5.56 Å². The molecule has 3 heterocycles. The Labute approximate surface area is 369 Å². The zero-order chi connectivity index (χ0) is 44.3. The Morgan fingerprint density at radius 1 is 0.905 bits per heavy atom. The maximum absolute atomic E-state index is 15.2. The smallest absolute Gasteiger partial charge is 0.454 e. The van der Waals surface area contributed by atoms with Crippen molar-refractivity contribution in [3.05, 3.63) is 126 Å². The van der Waals surface area contributed by atoms with E-state index < -0.39 is 60.4 Å². The van der Waals surface area contributed by atoms with Crippen molar-refractivity contribution < 1.29 is 55.0 Å². The fourth-order valence-corrected chi connectivity index (χ4v) is 10.7. The van der Waals surface area contributed by atoms with Crippen molar-refractivity contribution in [2.75, 3.05) is 33.1 Å². The summed E-state index contributed by atoms with van der Waals surface area (Å²) in [5.74, 6) is 0.508. The number of carbonyl (C=O) groups excluding carboxylic acids is 1. The predicted octanol–water partition coefficient (Wildman–Crippen LogP) is 8.15. The summed E-state index contributed by atoms with van der Waals surface area (Å²) >= 11 is 0. The molecule has 0 bridgehead atoms. The number of fused-ring (bicyclic) bond motifs is 2. The van der Waals surface area contributed by atoms with E-state index in [1.807, 2.05) is 80.6 Å². The quantitative estimate of drug-likeness (QED) is 0.0747. The number of carbonyl (C=O) groups is 1. The lowest BCUT2D eigenvalue weighted by Gasteiger charge is -2.37. The molecular formula is C46H54N3O12PS. The molecule has 3 aliphatic rings. The van der Waals surface area contributed by atoms with Crippen LogP contribution >= 0.6 is 7.82 Å². The molecular weight excluding hydrogens is 850 g/mol. The standard InChI is InChI=1S/C46H54N3O12PS/c1-46(2,24-12-25-47)32-49(63(52,53)37-20-22-40-41(27-37)57-33-56-40)28-42(61-62(51,58-29-35-15-8-4-9-16-35)59-30-36-17-10-5-11-18-36)39(21-19-34-13-6-3-7-14-34)48-45(50)60-43-31-55-44-38(43)23-26-54-44/h3-11,13-18,20,22,27,38-39,42-44H,12,19,21,23-24,26,28-33H2,1-2H3,(H,48,50)/t38-,39-,42+,43-,44+/m0/s1. The number of phosphoric ester groups is 1. The Kier molecular flexibility index (Phi) is 15.6. The first-order valence-corrected chi connectivity index (χ1v) is 24.0. The van der Waals surface area contributed by atoms with Crippen LogP contribution in [0.5, 0.6) is 11.5 Å². The highest BCUT2D eigenvalue weighted by Gasteiger charge is 2.45. The van der Waals surface area contributed by atoms with Gasteiger partial charge in [0.1, 0.15) is 12.2 Å². The van der Waals surface area contributed by atoms with Gasteiger partial charge in [-0.2, -0.15) is 9.57 Å². The third kappa shape index (κ3) is 12.7. The molecule has 336 valence electrons. The maximum Gasteiger partial charge on any atom is 0.475 e. The van der Waals surface area contributed by atoms with E-state index in [0.29, 0.717) is 42.7 Å². The van der Waals surface area contributed by atoms with E-state index in [4.69, 9.17) is 37.3 Å². The van der Waals surface area contributed by atoms with Crippen molar-refractivity contribution in [3.63, 3.8) is 0 Å². The molecule has 0 aliphatic carbocycles. The zero-order valence-electron chi connectivity index (χ0n) is 35.4. The number of benzene rings is 4. The lowest BCUT2D eigenvalue weighted by atomic mass is 9.88. The number of hydrogen-bond donors (Lipinski definition) is 1. The molecule has 15 nitrogen and oxygen atoms in total. The molecule has 0 radical (unpaired) electrons. The maximum atomic E-state index is 15.2. The van der Waals surface area contributed by atoms with Crippen molar-refractivity contribution in [2.24, 2.45) is 11.3 Å². The second kappa shape index (κ2) is 21.2. The summed E-state index contributed by atoms with van der Waals surface area (Å²) in [7, 11) is -9.04. The van der Waals surface area contributed by atoms with Gasteiger partial charge in [-0.3, -0.25) is 13.6 Å². The van der Waals surface area contributed by atoms with Crippen LogP contribution < -0.4 is 14.8 Å². The Hall–Kier alpha value is -4.82. The number of amides is 1. The number of rotatable bonds is 22. The van der Waals surface area contributed by atoms with E-state index in [1.54, 1.807) is 24.3 Å². The minimum absolute atomic E-state index is 0.0623. The lowest BCUT2D eigenvalue weighted by molar-refractivity contribution is -0.0907. The Morgan fingerprint density at radius 3 is 2.19 bits per heavy atom. The molecule has 4 aromatic carbocycles. The molecule has 3 aliphatic heterocycles. The SMILES string of the molecule is CC(C)(CCC#N)CN(C[C@@H](OP(=O)(OCc1ccccc1)OCc1ccccc1)[C@H](CCc1ccccc1)NC(=O)O[C@H]1CO[C@H]2OCC[C@H]21)S(=O)(=O)c1ccc2c(c1)OCO2.